The molecular weight excluding hydrogens is 188 g/mol. The van der Waals surface area contributed by atoms with Crippen LogP contribution in [0.15, 0.2) is 12.4 Å². The summed E-state index contributed by atoms with van der Waals surface area (Å²) < 4.78 is 0. The van der Waals surface area contributed by atoms with Crippen LogP contribution in [-0.2, 0) is 0 Å². The molecule has 0 unspecified atom stereocenters. The minimum atomic E-state index is 0.437. The molecule has 0 N–H and O–H groups in total. The van der Waals surface area contributed by atoms with Gasteiger partial charge in [-0.25, -0.2) is 9.97 Å². The topological polar surface area (TPSA) is 52.8 Å². The van der Waals surface area contributed by atoms with Gasteiger partial charge in [-0.3, -0.25) is 0 Å². The number of rotatable bonds is 1. The first kappa shape index (κ1) is 9.91. The summed E-state index contributed by atoms with van der Waals surface area (Å²) in [6.07, 6.45) is 5.55. The van der Waals surface area contributed by atoms with Gasteiger partial charge < -0.3 is 4.90 Å². The number of nitrogens with zero attached hydrogens (tertiary/aromatic N) is 4. The van der Waals surface area contributed by atoms with Crippen molar-refractivity contribution in [2.24, 2.45) is 5.92 Å². The minimum Gasteiger partial charge on any atom is -0.354 e. The predicted octanol–water partition coefficient (Wildman–Crippen LogP) is 1.58. The highest BCUT2D eigenvalue weighted by atomic mass is 15.2. The molecule has 0 radical (unpaired) electrons. The van der Waals surface area contributed by atoms with E-state index in [9.17, 15) is 0 Å². The normalized spacial score (nSPS) is 17.5. The third kappa shape index (κ3) is 2.07. The Balaban J connectivity index is 2.19. The van der Waals surface area contributed by atoms with Gasteiger partial charge in [0.1, 0.15) is 6.07 Å². The summed E-state index contributed by atoms with van der Waals surface area (Å²) in [5.74, 6) is 1.52. The molecule has 1 aliphatic rings. The molecule has 1 aromatic heterocycles. The van der Waals surface area contributed by atoms with Crippen molar-refractivity contribution in [2.45, 2.75) is 19.8 Å². The average Bonchev–Trinajstić information content (AvgIpc) is 2.30. The number of nitriles is 1. The van der Waals surface area contributed by atoms with Crippen LogP contribution in [0.1, 0.15) is 25.5 Å². The van der Waals surface area contributed by atoms with Gasteiger partial charge in [0.15, 0.2) is 11.5 Å². The molecule has 2 heterocycles. The Labute approximate surface area is 89.6 Å². The van der Waals surface area contributed by atoms with E-state index in [4.69, 9.17) is 5.26 Å². The van der Waals surface area contributed by atoms with Crippen molar-refractivity contribution in [1.82, 2.24) is 9.97 Å². The maximum absolute atomic E-state index is 8.92. The summed E-state index contributed by atoms with van der Waals surface area (Å²) in [6, 6.07) is 2.09. The second-order valence-corrected chi connectivity index (χ2v) is 4.01. The van der Waals surface area contributed by atoms with Gasteiger partial charge in [0.05, 0.1) is 0 Å². The Morgan fingerprint density at radius 2 is 2.00 bits per heavy atom. The summed E-state index contributed by atoms with van der Waals surface area (Å²) in [5, 5.41) is 8.92. The number of hydrogen-bond donors (Lipinski definition) is 0. The van der Waals surface area contributed by atoms with Crippen molar-refractivity contribution >= 4 is 5.82 Å². The third-order valence-electron chi connectivity index (χ3n) is 2.87. The van der Waals surface area contributed by atoms with Crippen LogP contribution in [0.3, 0.4) is 0 Å². The van der Waals surface area contributed by atoms with Crippen molar-refractivity contribution in [3.05, 3.63) is 18.1 Å². The molecule has 0 aromatic carbocycles. The van der Waals surface area contributed by atoms with Gasteiger partial charge in [0.25, 0.3) is 0 Å². The number of aromatic nitrogens is 2. The lowest BCUT2D eigenvalue weighted by Crippen LogP contribution is -2.34. The molecule has 78 valence electrons. The summed E-state index contributed by atoms with van der Waals surface area (Å²) in [6.45, 7) is 4.22. The van der Waals surface area contributed by atoms with Crippen LogP contribution in [0, 0.1) is 17.2 Å². The zero-order chi connectivity index (χ0) is 10.7. The summed E-state index contributed by atoms with van der Waals surface area (Å²) in [4.78, 5) is 10.4. The van der Waals surface area contributed by atoms with Crippen LogP contribution in [-0.4, -0.2) is 23.1 Å². The second-order valence-electron chi connectivity index (χ2n) is 4.01. The van der Waals surface area contributed by atoms with Crippen molar-refractivity contribution in [2.75, 3.05) is 18.0 Å². The van der Waals surface area contributed by atoms with E-state index in [2.05, 4.69) is 27.9 Å². The van der Waals surface area contributed by atoms with Gasteiger partial charge in [-0.2, -0.15) is 5.26 Å². The predicted molar refractivity (Wildman–Crippen MR) is 57.4 cm³/mol. The van der Waals surface area contributed by atoms with E-state index in [1.165, 1.54) is 12.8 Å². The van der Waals surface area contributed by atoms with Gasteiger partial charge in [0, 0.05) is 25.5 Å². The number of hydrogen-bond acceptors (Lipinski definition) is 4. The van der Waals surface area contributed by atoms with Crippen LogP contribution in [0.25, 0.3) is 0 Å². The Hall–Kier alpha value is -1.63. The van der Waals surface area contributed by atoms with Crippen LogP contribution in [0.5, 0.6) is 0 Å². The largest absolute Gasteiger partial charge is 0.354 e. The van der Waals surface area contributed by atoms with Crippen LogP contribution < -0.4 is 4.90 Å². The average molecular weight is 202 g/mol. The van der Waals surface area contributed by atoms with E-state index in [-0.39, 0.29) is 0 Å². The van der Waals surface area contributed by atoms with Gasteiger partial charge in [-0.05, 0) is 18.8 Å². The monoisotopic (exact) mass is 202 g/mol. The number of piperidine rings is 1. The lowest BCUT2D eigenvalue weighted by molar-refractivity contribution is 0.436. The van der Waals surface area contributed by atoms with E-state index in [1.54, 1.807) is 12.4 Å². The van der Waals surface area contributed by atoms with E-state index in [0.717, 1.165) is 24.8 Å². The van der Waals surface area contributed by atoms with Gasteiger partial charge in [-0.15, -0.1) is 0 Å². The Kier molecular flexibility index (Phi) is 2.82. The molecular formula is C11H14N4. The standard InChI is InChI=1S/C11H14N4/c1-9-2-6-15(7-3-9)11-10(8-12)13-4-5-14-11/h4-5,9H,2-3,6-7H2,1H3. The zero-order valence-electron chi connectivity index (χ0n) is 8.85. The Bertz CT molecular complexity index is 374. The highest BCUT2D eigenvalue weighted by Crippen LogP contribution is 2.22. The molecule has 1 aliphatic heterocycles. The molecule has 0 aliphatic carbocycles. The maximum atomic E-state index is 8.92. The summed E-state index contributed by atoms with van der Waals surface area (Å²) in [5.41, 5.74) is 0.437. The number of anilines is 1. The van der Waals surface area contributed by atoms with Gasteiger partial charge >= 0.3 is 0 Å². The Morgan fingerprint density at radius 1 is 1.33 bits per heavy atom. The third-order valence-corrected chi connectivity index (χ3v) is 2.87. The summed E-state index contributed by atoms with van der Waals surface area (Å²) in [7, 11) is 0. The first-order valence-electron chi connectivity index (χ1n) is 5.27. The van der Waals surface area contributed by atoms with Crippen LogP contribution in [0.4, 0.5) is 5.82 Å². The lowest BCUT2D eigenvalue weighted by Gasteiger charge is -2.31. The van der Waals surface area contributed by atoms with E-state index >= 15 is 0 Å². The van der Waals surface area contributed by atoms with Crippen LogP contribution >= 0.6 is 0 Å². The minimum absolute atomic E-state index is 0.437. The second kappa shape index (κ2) is 4.26. The van der Waals surface area contributed by atoms with Crippen molar-refractivity contribution in [3.63, 3.8) is 0 Å². The van der Waals surface area contributed by atoms with Gasteiger partial charge in [0.2, 0.25) is 0 Å². The van der Waals surface area contributed by atoms with Crippen molar-refractivity contribution in [1.29, 1.82) is 5.26 Å². The SMILES string of the molecule is CC1CCN(c2nccnc2C#N)CC1. The molecule has 1 aromatic rings. The fraction of sp³-hybridized carbons (Fsp3) is 0.545. The van der Waals surface area contributed by atoms with E-state index in [0.29, 0.717) is 5.69 Å². The highest BCUT2D eigenvalue weighted by Gasteiger charge is 2.19. The first-order chi connectivity index (χ1) is 7.31. The van der Waals surface area contributed by atoms with Crippen molar-refractivity contribution < 1.29 is 0 Å². The van der Waals surface area contributed by atoms with Crippen LogP contribution in [0.2, 0.25) is 0 Å². The Morgan fingerprint density at radius 3 is 2.67 bits per heavy atom. The molecule has 0 bridgehead atoms. The lowest BCUT2D eigenvalue weighted by atomic mass is 9.99. The molecule has 0 atom stereocenters. The smallest absolute Gasteiger partial charge is 0.183 e. The molecule has 4 heteroatoms. The summed E-state index contributed by atoms with van der Waals surface area (Å²) >= 11 is 0. The fourth-order valence-corrected chi connectivity index (χ4v) is 1.86. The van der Waals surface area contributed by atoms with E-state index in [1.807, 2.05) is 0 Å². The van der Waals surface area contributed by atoms with Crippen molar-refractivity contribution in [3.8, 4) is 6.07 Å². The quantitative estimate of drug-likeness (QED) is 0.693. The van der Waals surface area contributed by atoms with Gasteiger partial charge in [-0.1, -0.05) is 6.92 Å². The molecule has 1 saturated heterocycles. The molecule has 15 heavy (non-hydrogen) atoms. The highest BCUT2D eigenvalue weighted by molar-refractivity contribution is 5.49. The zero-order valence-corrected chi connectivity index (χ0v) is 8.85. The molecule has 4 nitrogen and oxygen atoms in total. The molecule has 0 spiro atoms. The first-order valence-corrected chi connectivity index (χ1v) is 5.27. The maximum Gasteiger partial charge on any atom is 0.183 e. The molecule has 0 amide bonds. The van der Waals surface area contributed by atoms with E-state index < -0.39 is 0 Å². The molecule has 2 rings (SSSR count). The molecule has 1 fully saturated rings. The fourth-order valence-electron chi connectivity index (χ4n) is 1.86. The molecule has 0 saturated carbocycles.